The second-order valence-corrected chi connectivity index (χ2v) is 13.1. The minimum absolute atomic E-state index is 0.0769. The van der Waals surface area contributed by atoms with Gasteiger partial charge in [-0.25, -0.2) is 13.4 Å². The number of rotatable bonds is 12. The Morgan fingerprint density at radius 2 is 1.86 bits per heavy atom. The molecule has 0 saturated carbocycles. The molecular formula is C28H27F5N4O5S2. The molecule has 1 saturated heterocycles. The number of thiazole rings is 1. The van der Waals surface area contributed by atoms with Crippen LogP contribution in [0.25, 0.3) is 0 Å². The Bertz CT molecular complexity index is 1580. The predicted molar refractivity (Wildman–Crippen MR) is 150 cm³/mol. The first-order valence-corrected chi connectivity index (χ1v) is 15.7. The standard InChI is InChI=1S/C28H27F5N4O5S2/c1-2-44(39,40)22-9-3-17(4-10-22)23(11-12-34)36-25(38)24-14-35-27(43-24)37-15-21(13-19(37)16-41-26(29)30)42-20-7-5-18(6-8-20)28(31,32)33/h3-10,14,19,21,23,26H,2,11,13,15-16H2,1H3,(H,36,38)/t19-,21-,23+/m0/s1. The van der Waals surface area contributed by atoms with E-state index in [-0.39, 0.29) is 47.3 Å². The number of anilines is 1. The molecule has 0 aliphatic carbocycles. The number of hydrogen-bond donors (Lipinski definition) is 1. The van der Waals surface area contributed by atoms with Gasteiger partial charge in [0, 0.05) is 6.42 Å². The lowest BCUT2D eigenvalue weighted by Crippen LogP contribution is -2.34. The van der Waals surface area contributed by atoms with Gasteiger partial charge in [-0.05, 0) is 42.0 Å². The lowest BCUT2D eigenvalue weighted by molar-refractivity contribution is -0.137. The number of nitriles is 1. The molecule has 236 valence electrons. The summed E-state index contributed by atoms with van der Waals surface area (Å²) in [6.45, 7) is -1.76. The number of nitrogens with one attached hydrogen (secondary N) is 1. The maximum absolute atomic E-state index is 13.1. The fourth-order valence-electron chi connectivity index (χ4n) is 4.60. The minimum atomic E-state index is -4.51. The lowest BCUT2D eigenvalue weighted by atomic mass is 10.0. The largest absolute Gasteiger partial charge is 0.489 e. The number of benzene rings is 2. The third-order valence-corrected chi connectivity index (χ3v) is 9.64. The molecular weight excluding hydrogens is 631 g/mol. The van der Waals surface area contributed by atoms with Gasteiger partial charge in [-0.15, -0.1) is 0 Å². The Morgan fingerprint density at radius 1 is 1.18 bits per heavy atom. The van der Waals surface area contributed by atoms with E-state index >= 15 is 0 Å². The molecule has 0 unspecified atom stereocenters. The average Bonchev–Trinajstić information content (AvgIpc) is 3.63. The molecule has 1 aliphatic rings. The van der Waals surface area contributed by atoms with Crippen LogP contribution in [0.5, 0.6) is 5.75 Å². The summed E-state index contributed by atoms with van der Waals surface area (Å²) >= 11 is 0.970. The topological polar surface area (TPSA) is 122 Å². The van der Waals surface area contributed by atoms with Crippen molar-refractivity contribution in [1.82, 2.24) is 10.3 Å². The van der Waals surface area contributed by atoms with Gasteiger partial charge in [0.05, 0.1) is 60.1 Å². The second kappa shape index (κ2) is 13.9. The molecule has 9 nitrogen and oxygen atoms in total. The van der Waals surface area contributed by atoms with Gasteiger partial charge in [0.15, 0.2) is 15.0 Å². The van der Waals surface area contributed by atoms with Crippen molar-refractivity contribution < 1.29 is 44.6 Å². The highest BCUT2D eigenvalue weighted by Gasteiger charge is 2.37. The summed E-state index contributed by atoms with van der Waals surface area (Å²) in [6.07, 6.45) is -3.71. The molecule has 3 atom stereocenters. The molecule has 2 aromatic carbocycles. The summed E-state index contributed by atoms with van der Waals surface area (Å²) in [6, 6.07) is 10.6. The van der Waals surface area contributed by atoms with E-state index in [0.717, 1.165) is 23.5 Å². The van der Waals surface area contributed by atoms with Gasteiger partial charge in [0.2, 0.25) is 0 Å². The molecule has 0 spiro atoms. The van der Waals surface area contributed by atoms with E-state index in [9.17, 15) is 40.4 Å². The quantitative estimate of drug-likeness (QED) is 0.250. The van der Waals surface area contributed by atoms with E-state index < -0.39 is 52.3 Å². The first-order chi connectivity index (χ1) is 20.8. The normalized spacial score (nSPS) is 17.8. The van der Waals surface area contributed by atoms with Gasteiger partial charge in [-0.1, -0.05) is 30.4 Å². The van der Waals surface area contributed by atoms with Crippen LogP contribution in [0.2, 0.25) is 0 Å². The van der Waals surface area contributed by atoms with Crippen molar-refractivity contribution in [3.63, 3.8) is 0 Å². The van der Waals surface area contributed by atoms with Gasteiger partial charge in [0.25, 0.3) is 5.91 Å². The van der Waals surface area contributed by atoms with Gasteiger partial charge in [-0.3, -0.25) is 4.79 Å². The van der Waals surface area contributed by atoms with Gasteiger partial charge in [-0.2, -0.15) is 27.2 Å². The number of carbonyl (C=O) groups excluding carboxylic acids is 1. The summed E-state index contributed by atoms with van der Waals surface area (Å²) in [5.74, 6) is -0.468. The van der Waals surface area contributed by atoms with E-state index in [1.54, 1.807) is 4.90 Å². The molecule has 1 N–H and O–H groups in total. The van der Waals surface area contributed by atoms with Crippen molar-refractivity contribution >= 4 is 32.2 Å². The number of amides is 1. The Balaban J connectivity index is 1.47. The third kappa shape index (κ3) is 8.21. The number of carbonyl (C=O) groups is 1. The summed E-state index contributed by atoms with van der Waals surface area (Å²) in [5.41, 5.74) is -0.320. The van der Waals surface area contributed by atoms with E-state index in [1.807, 2.05) is 6.07 Å². The molecule has 0 radical (unpaired) electrons. The van der Waals surface area contributed by atoms with Gasteiger partial charge >= 0.3 is 12.8 Å². The van der Waals surface area contributed by atoms with E-state index in [2.05, 4.69) is 15.0 Å². The van der Waals surface area contributed by atoms with Crippen molar-refractivity contribution in [2.75, 3.05) is 23.8 Å². The molecule has 16 heteroatoms. The first kappa shape index (κ1) is 33.1. The molecule has 2 heterocycles. The number of nitrogens with zero attached hydrogens (tertiary/aromatic N) is 3. The van der Waals surface area contributed by atoms with Crippen LogP contribution in [0.15, 0.2) is 59.6 Å². The zero-order valence-electron chi connectivity index (χ0n) is 23.1. The fraction of sp³-hybridized carbons (Fsp3) is 0.393. The second-order valence-electron chi connectivity index (χ2n) is 9.77. The summed E-state index contributed by atoms with van der Waals surface area (Å²) < 4.78 is 98.9. The Labute approximate surface area is 254 Å². The van der Waals surface area contributed by atoms with Crippen LogP contribution in [-0.2, 0) is 20.8 Å². The number of halogens is 5. The van der Waals surface area contributed by atoms with E-state index in [4.69, 9.17) is 4.74 Å². The monoisotopic (exact) mass is 658 g/mol. The Morgan fingerprint density at radius 3 is 2.45 bits per heavy atom. The van der Waals surface area contributed by atoms with Gasteiger partial charge in [0.1, 0.15) is 16.7 Å². The van der Waals surface area contributed by atoms with Crippen molar-refractivity contribution in [3.8, 4) is 11.8 Å². The van der Waals surface area contributed by atoms with Crippen LogP contribution in [0, 0.1) is 11.3 Å². The average molecular weight is 659 g/mol. The van der Waals surface area contributed by atoms with E-state index in [0.29, 0.717) is 10.7 Å². The third-order valence-electron chi connectivity index (χ3n) is 6.86. The van der Waals surface area contributed by atoms with Crippen LogP contribution in [0.3, 0.4) is 0 Å². The molecule has 1 fully saturated rings. The predicted octanol–water partition coefficient (Wildman–Crippen LogP) is 5.61. The van der Waals surface area contributed by atoms with Crippen molar-refractivity contribution in [3.05, 3.63) is 70.7 Å². The van der Waals surface area contributed by atoms with Crippen LogP contribution in [0.1, 0.15) is 46.6 Å². The molecule has 44 heavy (non-hydrogen) atoms. The maximum Gasteiger partial charge on any atom is 0.416 e. The van der Waals surface area contributed by atoms with Crippen LogP contribution in [-0.4, -0.2) is 57.0 Å². The highest BCUT2D eigenvalue weighted by molar-refractivity contribution is 7.91. The minimum Gasteiger partial charge on any atom is -0.489 e. The SMILES string of the molecule is CCS(=O)(=O)c1ccc([C@@H](CC#N)NC(=O)c2cnc(N3C[C@@H](Oc4ccc(C(F)(F)F)cc4)C[C@H]3COC(F)F)s2)cc1. The van der Waals surface area contributed by atoms with Crippen molar-refractivity contribution in [2.24, 2.45) is 0 Å². The number of aromatic nitrogens is 1. The fourth-order valence-corrected chi connectivity index (χ4v) is 6.38. The summed E-state index contributed by atoms with van der Waals surface area (Å²) in [7, 11) is -3.43. The van der Waals surface area contributed by atoms with Crippen LogP contribution >= 0.6 is 11.3 Å². The molecule has 4 rings (SSSR count). The zero-order valence-corrected chi connectivity index (χ0v) is 24.8. The number of alkyl halides is 5. The van der Waals surface area contributed by atoms with Crippen LogP contribution < -0.4 is 15.0 Å². The molecule has 3 aromatic rings. The lowest BCUT2D eigenvalue weighted by Gasteiger charge is -2.23. The zero-order chi connectivity index (χ0) is 32.1. The van der Waals surface area contributed by atoms with Crippen LogP contribution in [0.4, 0.5) is 27.1 Å². The number of sulfone groups is 1. The Hall–Kier alpha value is -3.81. The molecule has 1 aliphatic heterocycles. The Kier molecular flexibility index (Phi) is 10.4. The number of hydrogen-bond acceptors (Lipinski definition) is 9. The maximum atomic E-state index is 13.1. The molecule has 0 bridgehead atoms. The number of ether oxygens (including phenoxy) is 2. The highest BCUT2D eigenvalue weighted by atomic mass is 32.2. The van der Waals surface area contributed by atoms with E-state index in [1.165, 1.54) is 49.5 Å². The first-order valence-electron chi connectivity index (χ1n) is 13.3. The highest BCUT2D eigenvalue weighted by Crippen LogP contribution is 2.34. The van der Waals surface area contributed by atoms with Gasteiger partial charge < -0.3 is 19.7 Å². The molecule has 1 aromatic heterocycles. The summed E-state index contributed by atoms with van der Waals surface area (Å²) in [4.78, 5) is 19.3. The van der Waals surface area contributed by atoms with Crippen molar-refractivity contribution in [1.29, 1.82) is 5.26 Å². The summed E-state index contributed by atoms with van der Waals surface area (Å²) in [5, 5.41) is 12.4. The smallest absolute Gasteiger partial charge is 0.416 e. The van der Waals surface area contributed by atoms with Crippen molar-refractivity contribution in [2.45, 2.75) is 55.6 Å². The molecule has 1 amide bonds.